The Labute approximate surface area is 118 Å². The first-order chi connectivity index (χ1) is 8.38. The van der Waals surface area contributed by atoms with Gasteiger partial charge in [0.05, 0.1) is 0 Å². The zero-order valence-electron chi connectivity index (χ0n) is 12.0. The van der Waals surface area contributed by atoms with Crippen LogP contribution in [0.5, 0.6) is 0 Å². The van der Waals surface area contributed by atoms with Crippen LogP contribution in [-0.2, 0) is 16.9 Å². The molecule has 96 valence electrons. The molecule has 0 aromatic heterocycles. The second-order valence-corrected chi connectivity index (χ2v) is 17.8. The summed E-state index contributed by atoms with van der Waals surface area (Å²) in [6.07, 6.45) is 4.55. The van der Waals surface area contributed by atoms with Crippen LogP contribution >= 0.6 is 0 Å². The summed E-state index contributed by atoms with van der Waals surface area (Å²) >= 11 is -1.27. The van der Waals surface area contributed by atoms with Gasteiger partial charge in [-0.1, -0.05) is 0 Å². The molecule has 0 heterocycles. The van der Waals surface area contributed by atoms with Crippen LogP contribution in [0.4, 0.5) is 0 Å². The number of benzene rings is 1. The molecular weight excluding hydrogens is 270 g/mol. The molecule has 1 aromatic carbocycles. The molecule has 1 atom stereocenters. The van der Waals surface area contributed by atoms with Gasteiger partial charge in [0.1, 0.15) is 0 Å². The van der Waals surface area contributed by atoms with Gasteiger partial charge in [-0.25, -0.2) is 0 Å². The zero-order valence-corrected chi connectivity index (χ0v) is 14.6. The van der Waals surface area contributed by atoms with Gasteiger partial charge >= 0.3 is 118 Å². The number of rotatable bonds is 2. The summed E-state index contributed by atoms with van der Waals surface area (Å²) in [6, 6.07) is 8.90. The molecule has 2 rings (SSSR count). The van der Waals surface area contributed by atoms with E-state index in [2.05, 4.69) is 74.1 Å². The maximum atomic E-state index is 4.00. The molecule has 1 N–H and O–H groups in total. The summed E-state index contributed by atoms with van der Waals surface area (Å²) in [6.45, 7) is 11.9. The Morgan fingerprint density at radius 2 is 1.83 bits per heavy atom. The molecule has 1 unspecified atom stereocenters. The van der Waals surface area contributed by atoms with Gasteiger partial charge in [-0.05, 0) is 0 Å². The minimum atomic E-state index is -1.27. The normalized spacial score (nSPS) is 17.7. The van der Waals surface area contributed by atoms with Gasteiger partial charge in [0, 0.05) is 0 Å². The Hall–Kier alpha value is -0.149. The van der Waals surface area contributed by atoms with Crippen molar-refractivity contribution < 1.29 is 16.9 Å². The number of hydrogen-bond donors (Lipinski definition) is 1. The van der Waals surface area contributed by atoms with Crippen LogP contribution < -0.4 is 3.80 Å². The molecule has 0 radical (unpaired) electrons. The number of hydrogen-bond acceptors (Lipinski definition) is 1. The van der Waals surface area contributed by atoms with Crippen molar-refractivity contribution in [2.75, 3.05) is 0 Å². The first kappa shape index (κ1) is 14.3. The summed E-state index contributed by atoms with van der Waals surface area (Å²) in [5, 5.41) is 0. The Morgan fingerprint density at radius 1 is 1.17 bits per heavy atom. The van der Waals surface area contributed by atoms with Crippen molar-refractivity contribution in [3.63, 3.8) is 0 Å². The molecule has 18 heavy (non-hydrogen) atoms. The standard InChI is InChI=1S/C9H7.C4H10N.C2H6Si.Ti/c1-2-5-9-7-3-6-8(9)4-1;1-4(2,3)5;1-3-2;/h1-7H;5H,1-3H3;1-2H3;/q;-1;;+1. The van der Waals surface area contributed by atoms with Crippen LogP contribution in [0, 0.1) is 0 Å². The van der Waals surface area contributed by atoms with E-state index in [1.54, 1.807) is 5.56 Å². The Balaban J connectivity index is 2.37. The summed E-state index contributed by atoms with van der Waals surface area (Å²) in [5.41, 5.74) is 3.25. The van der Waals surface area contributed by atoms with Crippen molar-refractivity contribution in [3.05, 3.63) is 41.5 Å². The van der Waals surface area contributed by atoms with E-state index in [9.17, 15) is 0 Å². The van der Waals surface area contributed by atoms with Crippen molar-refractivity contribution in [1.82, 2.24) is 3.80 Å². The van der Waals surface area contributed by atoms with Crippen LogP contribution in [0.2, 0.25) is 13.1 Å². The Kier molecular flexibility index (Phi) is 4.33. The predicted octanol–water partition coefficient (Wildman–Crippen LogP) is 3.93. The van der Waals surface area contributed by atoms with Gasteiger partial charge in [0.15, 0.2) is 0 Å². The first-order valence-corrected chi connectivity index (χ1v) is 13.1. The fourth-order valence-electron chi connectivity index (χ4n) is 2.42. The SMILES string of the molecule is C[Si](C)=[Ti]([NH]C(C)(C)C)[CH]1C=Cc2ccccc21. The summed E-state index contributed by atoms with van der Waals surface area (Å²) in [7, 11) is 0. The monoisotopic (exact) mass is 293 g/mol. The van der Waals surface area contributed by atoms with Crippen molar-refractivity contribution in [2.45, 2.75) is 43.6 Å². The van der Waals surface area contributed by atoms with Crippen LogP contribution in [0.1, 0.15) is 36.1 Å². The molecular formula is C15H23NSiTi. The number of nitrogens with one attached hydrogen (secondary N) is 1. The van der Waals surface area contributed by atoms with E-state index in [1.807, 2.05) is 0 Å². The molecule has 3 heteroatoms. The fourth-order valence-corrected chi connectivity index (χ4v) is 12.8. The van der Waals surface area contributed by atoms with E-state index in [1.165, 1.54) is 5.56 Å². The third-order valence-corrected chi connectivity index (χ3v) is 14.4. The molecule has 0 aliphatic heterocycles. The number of fused-ring (bicyclic) bond motifs is 1. The van der Waals surface area contributed by atoms with Crippen molar-refractivity contribution in [1.29, 1.82) is 0 Å². The summed E-state index contributed by atoms with van der Waals surface area (Å²) in [4.78, 5) is 0. The second kappa shape index (κ2) is 5.46. The Bertz CT molecular complexity index is 507. The molecule has 0 amide bonds. The van der Waals surface area contributed by atoms with E-state index in [-0.39, 0.29) is 11.7 Å². The topological polar surface area (TPSA) is 12.0 Å². The molecule has 1 nitrogen and oxygen atoms in total. The molecule has 1 aliphatic rings. The quantitative estimate of drug-likeness (QED) is 0.815. The van der Waals surface area contributed by atoms with Gasteiger partial charge in [0.2, 0.25) is 0 Å². The van der Waals surface area contributed by atoms with Crippen LogP contribution in [0.15, 0.2) is 30.3 Å². The fraction of sp³-hybridized carbons (Fsp3) is 0.467. The summed E-state index contributed by atoms with van der Waals surface area (Å²) in [5.74, 6) is 0. The second-order valence-electron chi connectivity index (χ2n) is 6.25. The molecule has 1 aromatic rings. The third kappa shape index (κ3) is 3.24. The Morgan fingerprint density at radius 3 is 2.44 bits per heavy atom. The van der Waals surface area contributed by atoms with E-state index in [0.717, 1.165) is 0 Å². The number of allylic oxidation sites excluding steroid dienone is 1. The molecule has 0 spiro atoms. The van der Waals surface area contributed by atoms with Crippen LogP contribution in [-0.4, -0.2) is 11.7 Å². The molecule has 0 saturated carbocycles. The minimum absolute atomic E-state index is 0.226. The molecule has 1 aliphatic carbocycles. The molecule has 0 fully saturated rings. The third-order valence-electron chi connectivity index (χ3n) is 3.16. The van der Waals surface area contributed by atoms with Crippen molar-refractivity contribution >= 4 is 12.3 Å². The predicted molar refractivity (Wildman–Crippen MR) is 78.6 cm³/mol. The van der Waals surface area contributed by atoms with Crippen LogP contribution in [0.25, 0.3) is 6.08 Å². The first-order valence-electron chi connectivity index (χ1n) is 6.61. The van der Waals surface area contributed by atoms with Gasteiger partial charge in [-0.15, -0.1) is 0 Å². The van der Waals surface area contributed by atoms with Gasteiger partial charge in [-0.3, -0.25) is 0 Å². The summed E-state index contributed by atoms with van der Waals surface area (Å²) < 4.78 is 4.71. The van der Waals surface area contributed by atoms with E-state index in [0.29, 0.717) is 4.22 Å². The van der Waals surface area contributed by atoms with Crippen molar-refractivity contribution in [3.8, 4) is 0 Å². The zero-order chi connectivity index (χ0) is 13.3. The van der Waals surface area contributed by atoms with Gasteiger partial charge < -0.3 is 0 Å². The van der Waals surface area contributed by atoms with Crippen LogP contribution in [0.3, 0.4) is 0 Å². The average molecular weight is 293 g/mol. The van der Waals surface area contributed by atoms with Gasteiger partial charge in [0.25, 0.3) is 0 Å². The van der Waals surface area contributed by atoms with E-state index >= 15 is 0 Å². The van der Waals surface area contributed by atoms with Gasteiger partial charge in [-0.2, -0.15) is 0 Å². The van der Waals surface area contributed by atoms with E-state index < -0.39 is 16.9 Å². The average Bonchev–Trinajstić information content (AvgIpc) is 2.68. The van der Waals surface area contributed by atoms with E-state index in [4.69, 9.17) is 0 Å². The van der Waals surface area contributed by atoms with Crippen molar-refractivity contribution in [2.24, 2.45) is 0 Å². The molecule has 0 saturated heterocycles. The maximum absolute atomic E-state index is 4.00. The molecule has 0 bridgehead atoms.